The fraction of sp³-hybridized carbons (Fsp3) is 0.250. The molecule has 0 unspecified atom stereocenters. The molecule has 42 heavy (non-hydrogen) atoms. The van der Waals surface area contributed by atoms with Gasteiger partial charge in [0.25, 0.3) is 0 Å². The van der Waals surface area contributed by atoms with E-state index in [1.54, 1.807) is 44.7 Å². The van der Waals surface area contributed by atoms with Crippen LogP contribution in [0.25, 0.3) is 22.2 Å². The number of hydrogen-bond donors (Lipinski definition) is 0. The Morgan fingerprint density at radius 1 is 0.929 bits per heavy atom. The highest BCUT2D eigenvalue weighted by atomic mass is 16.5. The Labute approximate surface area is 242 Å². The number of carbonyl (C=O) groups is 1. The van der Waals surface area contributed by atoms with Crippen LogP contribution in [0, 0.1) is 0 Å². The minimum absolute atomic E-state index is 0.0785. The molecule has 1 fully saturated rings. The molecule has 3 aromatic heterocycles. The SMILES string of the molecule is COc1cc2ncnc(Oc3ccc(CC(=O)c4nc(-c5ccccc5)c5c(n4)C4CCN5CC4)nc3)c2cc1OC. The maximum Gasteiger partial charge on any atom is 0.230 e. The first-order valence-electron chi connectivity index (χ1n) is 13.9. The standard InChI is InChI=1S/C32H28N6O4/c1-40-26-15-23-24(16-27(26)41-2)34-18-35-32(23)42-22-9-8-21(33-17-22)14-25(39)31-36-28(19-6-4-3-5-7-19)30-29(37-31)20-10-12-38(30)13-11-20/h3-9,15-18,20H,10-14H2,1-2H3. The lowest BCUT2D eigenvalue weighted by Crippen LogP contribution is -2.40. The molecule has 0 N–H and O–H groups in total. The van der Waals surface area contributed by atoms with Crippen LogP contribution in [0.2, 0.25) is 0 Å². The third kappa shape index (κ3) is 4.64. The molecule has 0 spiro atoms. The van der Waals surface area contributed by atoms with Gasteiger partial charge in [0, 0.05) is 36.3 Å². The number of ether oxygens (including phenoxy) is 3. The molecule has 2 bridgehead atoms. The molecular formula is C32H28N6O4. The Bertz CT molecular complexity index is 1790. The molecule has 8 rings (SSSR count). The van der Waals surface area contributed by atoms with Crippen molar-refractivity contribution in [2.45, 2.75) is 25.2 Å². The van der Waals surface area contributed by atoms with Crippen molar-refractivity contribution in [3.8, 4) is 34.4 Å². The third-order valence-corrected chi connectivity index (χ3v) is 7.86. The second-order valence-corrected chi connectivity index (χ2v) is 10.3. The Kier molecular flexibility index (Phi) is 6.58. The van der Waals surface area contributed by atoms with Crippen molar-refractivity contribution in [2.24, 2.45) is 0 Å². The number of aromatic nitrogens is 5. The summed E-state index contributed by atoms with van der Waals surface area (Å²) in [6, 6.07) is 17.1. The summed E-state index contributed by atoms with van der Waals surface area (Å²) in [5.41, 5.74) is 5.14. The van der Waals surface area contributed by atoms with Gasteiger partial charge in [0.05, 0.1) is 54.8 Å². The van der Waals surface area contributed by atoms with Crippen molar-refractivity contribution < 1.29 is 19.0 Å². The van der Waals surface area contributed by atoms with E-state index in [2.05, 4.69) is 19.9 Å². The Balaban J connectivity index is 1.14. The zero-order valence-electron chi connectivity index (χ0n) is 23.3. The van der Waals surface area contributed by atoms with Gasteiger partial charge in [-0.2, -0.15) is 0 Å². The molecule has 5 aromatic rings. The van der Waals surface area contributed by atoms with Gasteiger partial charge in [-0.05, 0) is 31.0 Å². The van der Waals surface area contributed by atoms with E-state index in [1.807, 2.05) is 30.3 Å². The van der Waals surface area contributed by atoms with Gasteiger partial charge in [-0.15, -0.1) is 0 Å². The molecule has 2 aromatic carbocycles. The second kappa shape index (κ2) is 10.7. The number of pyridine rings is 1. The summed E-state index contributed by atoms with van der Waals surface area (Å²) in [7, 11) is 3.14. The first-order chi connectivity index (χ1) is 20.6. The first kappa shape index (κ1) is 25.8. The van der Waals surface area contributed by atoms with E-state index in [1.165, 1.54) is 6.33 Å². The van der Waals surface area contributed by atoms with Crippen molar-refractivity contribution in [1.29, 1.82) is 0 Å². The predicted octanol–water partition coefficient (Wildman–Crippen LogP) is 5.41. The average Bonchev–Trinajstić information content (AvgIpc) is 3.05. The first-order valence-corrected chi connectivity index (χ1v) is 13.9. The molecule has 10 nitrogen and oxygen atoms in total. The molecule has 10 heteroatoms. The Morgan fingerprint density at radius 3 is 2.45 bits per heavy atom. The molecule has 6 heterocycles. The molecule has 1 saturated heterocycles. The maximum atomic E-state index is 13.5. The lowest BCUT2D eigenvalue weighted by Gasteiger charge is -2.42. The second-order valence-electron chi connectivity index (χ2n) is 10.3. The number of hydrogen-bond acceptors (Lipinski definition) is 10. The topological polar surface area (TPSA) is 112 Å². The number of rotatable bonds is 8. The largest absolute Gasteiger partial charge is 0.493 e. The maximum absolute atomic E-state index is 13.5. The summed E-state index contributed by atoms with van der Waals surface area (Å²) < 4.78 is 16.8. The lowest BCUT2D eigenvalue weighted by atomic mass is 9.85. The van der Waals surface area contributed by atoms with Gasteiger partial charge < -0.3 is 19.1 Å². The smallest absolute Gasteiger partial charge is 0.230 e. The van der Waals surface area contributed by atoms with E-state index in [0.717, 1.165) is 48.6 Å². The number of carbonyl (C=O) groups excluding carboxylic acids is 1. The van der Waals surface area contributed by atoms with E-state index in [-0.39, 0.29) is 18.0 Å². The number of piperidine rings is 1. The van der Waals surface area contributed by atoms with E-state index in [4.69, 9.17) is 24.2 Å². The summed E-state index contributed by atoms with van der Waals surface area (Å²) >= 11 is 0. The number of nitrogens with zero attached hydrogens (tertiary/aromatic N) is 6. The van der Waals surface area contributed by atoms with Gasteiger partial charge in [-0.1, -0.05) is 30.3 Å². The van der Waals surface area contributed by atoms with E-state index < -0.39 is 0 Å². The summed E-state index contributed by atoms with van der Waals surface area (Å²) in [6.45, 7) is 2.00. The van der Waals surface area contributed by atoms with Crippen LogP contribution in [-0.2, 0) is 6.42 Å². The fourth-order valence-electron chi connectivity index (χ4n) is 5.74. The summed E-state index contributed by atoms with van der Waals surface area (Å²) in [4.78, 5) is 38.6. The number of fused-ring (bicyclic) bond motifs is 3. The van der Waals surface area contributed by atoms with E-state index in [9.17, 15) is 4.79 Å². The monoisotopic (exact) mass is 560 g/mol. The Morgan fingerprint density at radius 2 is 1.71 bits per heavy atom. The quantitative estimate of drug-likeness (QED) is 0.228. The number of ketones is 1. The summed E-state index contributed by atoms with van der Waals surface area (Å²) in [5, 5.41) is 0.665. The van der Waals surface area contributed by atoms with Crippen molar-refractivity contribution in [3.05, 3.63) is 84.3 Å². The van der Waals surface area contributed by atoms with Crippen LogP contribution in [0.3, 0.4) is 0 Å². The molecule has 3 aliphatic rings. The highest BCUT2D eigenvalue weighted by Gasteiger charge is 2.36. The van der Waals surface area contributed by atoms with Gasteiger partial charge in [0.1, 0.15) is 12.1 Å². The van der Waals surface area contributed by atoms with E-state index in [0.29, 0.717) is 45.6 Å². The zero-order valence-corrected chi connectivity index (χ0v) is 23.3. The van der Waals surface area contributed by atoms with Crippen LogP contribution in [-0.4, -0.2) is 58.0 Å². The molecular weight excluding hydrogens is 532 g/mol. The highest BCUT2D eigenvalue weighted by Crippen LogP contribution is 2.45. The van der Waals surface area contributed by atoms with Crippen LogP contribution in [0.5, 0.6) is 23.1 Å². The molecule has 210 valence electrons. The van der Waals surface area contributed by atoms with Crippen LogP contribution in [0.15, 0.2) is 67.1 Å². The van der Waals surface area contributed by atoms with Gasteiger partial charge in [0.15, 0.2) is 17.3 Å². The number of benzene rings is 2. The van der Waals surface area contributed by atoms with E-state index >= 15 is 0 Å². The molecule has 3 aliphatic heterocycles. The molecule has 0 aliphatic carbocycles. The van der Waals surface area contributed by atoms with Crippen molar-refractivity contribution in [1.82, 2.24) is 24.9 Å². The summed E-state index contributed by atoms with van der Waals surface area (Å²) in [6.07, 6.45) is 5.19. The van der Waals surface area contributed by atoms with Gasteiger partial charge >= 0.3 is 0 Å². The van der Waals surface area contributed by atoms with Crippen molar-refractivity contribution >= 4 is 22.4 Å². The lowest BCUT2D eigenvalue weighted by molar-refractivity contribution is 0.0981. The molecule has 0 atom stereocenters. The summed E-state index contributed by atoms with van der Waals surface area (Å²) in [5.74, 6) is 2.36. The number of anilines is 1. The predicted molar refractivity (Wildman–Crippen MR) is 157 cm³/mol. The van der Waals surface area contributed by atoms with Crippen LogP contribution >= 0.6 is 0 Å². The molecule has 0 saturated carbocycles. The molecule has 0 amide bonds. The van der Waals surface area contributed by atoms with Gasteiger partial charge in [-0.3, -0.25) is 9.78 Å². The van der Waals surface area contributed by atoms with Gasteiger partial charge in [0.2, 0.25) is 11.7 Å². The van der Waals surface area contributed by atoms with Crippen molar-refractivity contribution in [3.63, 3.8) is 0 Å². The zero-order chi connectivity index (χ0) is 28.6. The molecule has 0 radical (unpaired) electrons. The minimum atomic E-state index is -0.171. The van der Waals surface area contributed by atoms with Crippen LogP contribution in [0.4, 0.5) is 5.69 Å². The normalized spacial score (nSPS) is 14.1. The van der Waals surface area contributed by atoms with Gasteiger partial charge in [-0.25, -0.2) is 19.9 Å². The average molecular weight is 561 g/mol. The van der Waals surface area contributed by atoms with Crippen LogP contribution < -0.4 is 19.1 Å². The number of Topliss-reactive ketones (excluding diaryl/α,β-unsaturated/α-hetero) is 1. The number of methoxy groups -OCH3 is 2. The fourth-order valence-corrected chi connectivity index (χ4v) is 5.74. The Hall–Kier alpha value is -5.12. The third-order valence-electron chi connectivity index (χ3n) is 7.86. The van der Waals surface area contributed by atoms with Crippen molar-refractivity contribution in [2.75, 3.05) is 32.2 Å². The highest BCUT2D eigenvalue weighted by molar-refractivity contribution is 5.95. The minimum Gasteiger partial charge on any atom is -0.493 e. The van der Waals surface area contributed by atoms with Crippen LogP contribution in [0.1, 0.15) is 40.8 Å².